The van der Waals surface area contributed by atoms with Crippen LogP contribution in [0.2, 0.25) is 0 Å². The molecule has 2 N–H and O–H groups in total. The summed E-state index contributed by atoms with van der Waals surface area (Å²) in [7, 11) is 0. The fraction of sp³-hybridized carbons (Fsp3) is 0.731. The predicted octanol–water partition coefficient (Wildman–Crippen LogP) is 2.73. The van der Waals surface area contributed by atoms with Crippen LogP contribution in [-0.4, -0.2) is 67.0 Å². The van der Waals surface area contributed by atoms with Crippen molar-refractivity contribution < 1.29 is 19.4 Å². The normalized spacial score (nSPS) is 34.5. The van der Waals surface area contributed by atoms with E-state index in [1.165, 1.54) is 0 Å². The van der Waals surface area contributed by atoms with E-state index in [1.54, 1.807) is 0 Å². The third kappa shape index (κ3) is 4.42. The first kappa shape index (κ1) is 22.2. The molecule has 1 heterocycles. The van der Waals surface area contributed by atoms with E-state index in [-0.39, 0.29) is 11.9 Å². The summed E-state index contributed by atoms with van der Waals surface area (Å²) in [6, 6.07) is 8.18. The molecule has 176 valence electrons. The molecule has 0 radical (unpaired) electrons. The quantitative estimate of drug-likeness (QED) is 0.680. The van der Waals surface area contributed by atoms with Gasteiger partial charge in [0.15, 0.2) is 0 Å². The number of hydrogen-bond acceptors (Lipinski definition) is 5. The van der Waals surface area contributed by atoms with E-state index in [2.05, 4.69) is 10.2 Å². The lowest BCUT2D eigenvalue weighted by Gasteiger charge is -2.58. The van der Waals surface area contributed by atoms with E-state index in [4.69, 9.17) is 9.47 Å². The number of ether oxygens (including phenoxy) is 2. The molecule has 1 saturated heterocycles. The minimum atomic E-state index is -0.644. The van der Waals surface area contributed by atoms with Gasteiger partial charge >= 0.3 is 0 Å². The lowest BCUT2D eigenvalue weighted by molar-refractivity contribution is -0.148. The fourth-order valence-electron chi connectivity index (χ4n) is 6.77. The van der Waals surface area contributed by atoms with Gasteiger partial charge in [0.05, 0.1) is 24.2 Å². The second-order valence-corrected chi connectivity index (χ2v) is 11.1. The maximum absolute atomic E-state index is 13.4. The minimum Gasteiger partial charge on any atom is -0.492 e. The zero-order chi connectivity index (χ0) is 22.3. The Morgan fingerprint density at radius 1 is 1.22 bits per heavy atom. The van der Waals surface area contributed by atoms with E-state index in [0.29, 0.717) is 24.4 Å². The monoisotopic (exact) mass is 442 g/mol. The largest absolute Gasteiger partial charge is 0.492 e. The van der Waals surface area contributed by atoms with Crippen molar-refractivity contribution in [3.63, 3.8) is 0 Å². The highest BCUT2D eigenvalue weighted by molar-refractivity contribution is 5.87. The Labute approximate surface area is 191 Å². The molecule has 5 fully saturated rings. The molecule has 4 aliphatic carbocycles. The smallest absolute Gasteiger partial charge is 0.230 e. The van der Waals surface area contributed by atoms with Crippen LogP contribution in [0.1, 0.15) is 51.5 Å². The summed E-state index contributed by atoms with van der Waals surface area (Å²) >= 11 is 0. The van der Waals surface area contributed by atoms with Gasteiger partial charge in [-0.05, 0) is 81.4 Å². The number of benzene rings is 1. The van der Waals surface area contributed by atoms with Gasteiger partial charge in [0, 0.05) is 25.7 Å². The van der Waals surface area contributed by atoms with Gasteiger partial charge in [0.25, 0.3) is 0 Å². The lowest BCUT2D eigenvalue weighted by atomic mass is 9.52. The lowest BCUT2D eigenvalue weighted by Crippen LogP contribution is -2.62. The van der Waals surface area contributed by atoms with Crippen LogP contribution in [0.3, 0.4) is 0 Å². The fourth-order valence-corrected chi connectivity index (χ4v) is 6.77. The molecular weight excluding hydrogens is 404 g/mol. The topological polar surface area (TPSA) is 71.0 Å². The summed E-state index contributed by atoms with van der Waals surface area (Å²) in [4.78, 5) is 15.8. The Kier molecular flexibility index (Phi) is 5.97. The Bertz CT molecular complexity index is 819. The Hall–Kier alpha value is -1.63. The van der Waals surface area contributed by atoms with Crippen molar-refractivity contribution in [2.45, 2.75) is 63.0 Å². The van der Waals surface area contributed by atoms with Gasteiger partial charge in [-0.25, -0.2) is 0 Å². The Morgan fingerprint density at radius 3 is 2.62 bits per heavy atom. The highest BCUT2D eigenvalue weighted by Gasteiger charge is 2.55. The second kappa shape index (κ2) is 8.62. The summed E-state index contributed by atoms with van der Waals surface area (Å²) < 4.78 is 11.4. The molecule has 0 aromatic heterocycles. The first-order chi connectivity index (χ1) is 15.3. The standard InChI is InChI=1S/C26H38N2O4/c1-25(2,21-4-3-5-22(14-21)32-11-8-28-6-9-31-10-7-28)24(29)27-23-19-12-18-13-20(23)17-26(30,15-18)16-19/h3-5,14,18-20,23,30H,6-13,15-17H2,1-2H3,(H,27,29)/t18?,19-,20+,23+,26+. The average Bonchev–Trinajstić information content (AvgIpc) is 2.76. The maximum atomic E-state index is 13.4. The molecule has 1 unspecified atom stereocenters. The van der Waals surface area contributed by atoms with Crippen LogP contribution in [0, 0.1) is 17.8 Å². The van der Waals surface area contributed by atoms with Crippen molar-refractivity contribution in [2.24, 2.45) is 17.8 Å². The number of rotatable bonds is 7. The molecule has 0 spiro atoms. The highest BCUT2D eigenvalue weighted by Crippen LogP contribution is 2.55. The summed E-state index contributed by atoms with van der Waals surface area (Å²) in [6.07, 6.45) is 4.95. The molecule has 1 amide bonds. The molecule has 4 saturated carbocycles. The molecule has 1 aliphatic heterocycles. The highest BCUT2D eigenvalue weighted by atomic mass is 16.5. The van der Waals surface area contributed by atoms with Crippen molar-refractivity contribution in [1.82, 2.24) is 10.2 Å². The minimum absolute atomic E-state index is 0.0763. The van der Waals surface area contributed by atoms with Gasteiger partial charge in [-0.2, -0.15) is 0 Å². The number of nitrogens with zero attached hydrogens (tertiary/aromatic N) is 1. The third-order valence-electron chi connectivity index (χ3n) is 8.44. The van der Waals surface area contributed by atoms with Crippen LogP contribution in [0.5, 0.6) is 5.75 Å². The Morgan fingerprint density at radius 2 is 1.94 bits per heavy atom. The first-order valence-corrected chi connectivity index (χ1v) is 12.4. The van der Waals surface area contributed by atoms with E-state index >= 15 is 0 Å². The van der Waals surface area contributed by atoms with Crippen LogP contribution in [-0.2, 0) is 14.9 Å². The summed E-state index contributed by atoms with van der Waals surface area (Å²) in [5, 5.41) is 14.3. The summed E-state index contributed by atoms with van der Waals surface area (Å²) in [5.74, 6) is 2.37. The Balaban J connectivity index is 1.20. The van der Waals surface area contributed by atoms with E-state index < -0.39 is 11.0 Å². The van der Waals surface area contributed by atoms with Crippen LogP contribution in [0.25, 0.3) is 0 Å². The van der Waals surface area contributed by atoms with Crippen molar-refractivity contribution in [3.05, 3.63) is 29.8 Å². The van der Waals surface area contributed by atoms with E-state index in [1.807, 2.05) is 38.1 Å². The van der Waals surface area contributed by atoms with Crippen LogP contribution >= 0.6 is 0 Å². The predicted molar refractivity (Wildman–Crippen MR) is 123 cm³/mol. The number of hydrogen-bond donors (Lipinski definition) is 2. The van der Waals surface area contributed by atoms with Crippen molar-refractivity contribution >= 4 is 5.91 Å². The molecule has 32 heavy (non-hydrogen) atoms. The summed E-state index contributed by atoms with van der Waals surface area (Å²) in [6.45, 7) is 9.01. The molecule has 5 atom stereocenters. The SMILES string of the molecule is CC(C)(C(=O)N[C@H]1[C@@H]2CC3C[C@H]1C[C@](O)(C3)C2)c1cccc(OCCN2CCOCC2)c1. The number of carbonyl (C=O) groups is 1. The van der Waals surface area contributed by atoms with Gasteiger partial charge in [-0.15, -0.1) is 0 Å². The van der Waals surface area contributed by atoms with Crippen molar-refractivity contribution in [3.8, 4) is 5.75 Å². The summed E-state index contributed by atoms with van der Waals surface area (Å²) in [5.41, 5.74) is -0.142. The second-order valence-electron chi connectivity index (χ2n) is 11.1. The molecule has 1 aromatic carbocycles. The molecule has 6 nitrogen and oxygen atoms in total. The van der Waals surface area contributed by atoms with Gasteiger partial charge in [-0.3, -0.25) is 9.69 Å². The van der Waals surface area contributed by atoms with Crippen LogP contribution < -0.4 is 10.1 Å². The van der Waals surface area contributed by atoms with Gasteiger partial charge < -0.3 is 19.9 Å². The molecule has 1 aromatic rings. The molecule has 4 bridgehead atoms. The zero-order valence-electron chi connectivity index (χ0n) is 19.5. The van der Waals surface area contributed by atoms with Crippen molar-refractivity contribution in [2.75, 3.05) is 39.5 Å². The van der Waals surface area contributed by atoms with Gasteiger partial charge in [0.2, 0.25) is 5.91 Å². The molecule has 5 aliphatic rings. The van der Waals surface area contributed by atoms with Crippen molar-refractivity contribution in [1.29, 1.82) is 0 Å². The maximum Gasteiger partial charge on any atom is 0.230 e. The van der Waals surface area contributed by atoms with Crippen LogP contribution in [0.15, 0.2) is 24.3 Å². The van der Waals surface area contributed by atoms with Gasteiger partial charge in [0.1, 0.15) is 12.4 Å². The number of carbonyl (C=O) groups excluding carboxylic acids is 1. The first-order valence-electron chi connectivity index (χ1n) is 12.4. The zero-order valence-corrected chi connectivity index (χ0v) is 19.5. The van der Waals surface area contributed by atoms with Gasteiger partial charge in [-0.1, -0.05) is 12.1 Å². The third-order valence-corrected chi connectivity index (χ3v) is 8.44. The molecular formula is C26H38N2O4. The van der Waals surface area contributed by atoms with E-state index in [0.717, 1.165) is 76.3 Å². The van der Waals surface area contributed by atoms with Crippen LogP contribution in [0.4, 0.5) is 0 Å². The number of amides is 1. The number of aliphatic hydroxyl groups is 1. The molecule has 6 heteroatoms. The van der Waals surface area contributed by atoms with E-state index in [9.17, 15) is 9.90 Å². The number of nitrogens with one attached hydrogen (secondary N) is 1. The average molecular weight is 443 g/mol. The molecule has 6 rings (SSSR count). The number of morpholine rings is 1.